The predicted octanol–water partition coefficient (Wildman–Crippen LogP) is 2.36. The average Bonchev–Trinajstić information content (AvgIpc) is 2.23. The molecule has 3 heteroatoms. The maximum Gasteiger partial charge on any atom is 0.254 e. The normalized spacial score (nSPS) is 10.4. The van der Waals surface area contributed by atoms with Gasteiger partial charge in [-0.05, 0) is 26.3 Å². The number of nitrogens with zero attached hydrogens (tertiary/aromatic N) is 1. The molecule has 0 unspecified atom stereocenters. The van der Waals surface area contributed by atoms with Crippen molar-refractivity contribution in [3.8, 4) is 11.3 Å². The molecule has 1 heterocycles. The molecule has 82 valence electrons. The van der Waals surface area contributed by atoms with Gasteiger partial charge in [0, 0.05) is 11.1 Å². The molecule has 0 aliphatic carbocycles. The van der Waals surface area contributed by atoms with Crippen LogP contribution in [0.25, 0.3) is 11.3 Å². The summed E-state index contributed by atoms with van der Waals surface area (Å²) in [5.41, 5.74) is 4.72. The van der Waals surface area contributed by atoms with Crippen molar-refractivity contribution >= 4 is 0 Å². The van der Waals surface area contributed by atoms with Crippen LogP contribution in [0.15, 0.2) is 29.3 Å². The maximum absolute atomic E-state index is 11.5. The highest BCUT2D eigenvalue weighted by atomic mass is 16.1. The van der Waals surface area contributed by atoms with E-state index in [0.29, 0.717) is 5.56 Å². The van der Waals surface area contributed by atoms with E-state index < -0.39 is 0 Å². The zero-order valence-electron chi connectivity index (χ0n) is 9.66. The molecule has 0 amide bonds. The van der Waals surface area contributed by atoms with Crippen LogP contribution in [0.5, 0.6) is 0 Å². The topological polar surface area (TPSA) is 45.8 Å². The first-order chi connectivity index (χ1) is 7.59. The summed E-state index contributed by atoms with van der Waals surface area (Å²) < 4.78 is 0. The number of aromatic amines is 1. The smallest absolute Gasteiger partial charge is 0.254 e. The number of H-pyrrole nitrogens is 1. The Hall–Kier alpha value is -1.90. The molecule has 2 rings (SSSR count). The second-order valence-electron chi connectivity index (χ2n) is 4.02. The molecule has 16 heavy (non-hydrogen) atoms. The fraction of sp³-hybridized carbons (Fsp3) is 0.231. The quantitative estimate of drug-likeness (QED) is 0.792. The summed E-state index contributed by atoms with van der Waals surface area (Å²) in [6.07, 6.45) is 1.45. The van der Waals surface area contributed by atoms with Gasteiger partial charge in [0.2, 0.25) is 0 Å². The molecule has 0 spiro atoms. The Morgan fingerprint density at radius 3 is 2.62 bits per heavy atom. The predicted molar refractivity (Wildman–Crippen MR) is 64.5 cm³/mol. The Morgan fingerprint density at radius 1 is 1.19 bits per heavy atom. The van der Waals surface area contributed by atoms with Crippen LogP contribution < -0.4 is 5.56 Å². The van der Waals surface area contributed by atoms with Crippen molar-refractivity contribution < 1.29 is 0 Å². The van der Waals surface area contributed by atoms with Crippen LogP contribution in [0.3, 0.4) is 0 Å². The standard InChI is InChI=1S/C13H14N2O/c1-8-4-5-11(9(2)6-8)12-10(3)13(16)15-7-14-12/h4-7H,1-3H3,(H,14,15,16). The molecule has 1 aromatic carbocycles. The van der Waals surface area contributed by atoms with Gasteiger partial charge in [0.25, 0.3) is 5.56 Å². The van der Waals surface area contributed by atoms with E-state index in [1.165, 1.54) is 11.9 Å². The lowest BCUT2D eigenvalue weighted by Crippen LogP contribution is -2.11. The number of hydrogen-bond acceptors (Lipinski definition) is 2. The lowest BCUT2D eigenvalue weighted by Gasteiger charge is -2.07. The van der Waals surface area contributed by atoms with Crippen molar-refractivity contribution in [1.29, 1.82) is 0 Å². The highest BCUT2D eigenvalue weighted by molar-refractivity contribution is 5.66. The molecule has 0 atom stereocenters. The molecule has 1 N–H and O–H groups in total. The number of aromatic nitrogens is 2. The van der Waals surface area contributed by atoms with Gasteiger partial charge >= 0.3 is 0 Å². The minimum Gasteiger partial charge on any atom is -0.313 e. The summed E-state index contributed by atoms with van der Waals surface area (Å²) in [6, 6.07) is 6.14. The average molecular weight is 214 g/mol. The van der Waals surface area contributed by atoms with E-state index in [9.17, 15) is 4.79 Å². The molecule has 0 aliphatic heterocycles. The van der Waals surface area contributed by atoms with Gasteiger partial charge in [0.1, 0.15) is 0 Å². The van der Waals surface area contributed by atoms with E-state index >= 15 is 0 Å². The van der Waals surface area contributed by atoms with E-state index in [1.54, 1.807) is 6.92 Å². The van der Waals surface area contributed by atoms with E-state index in [4.69, 9.17) is 0 Å². The fourth-order valence-electron chi connectivity index (χ4n) is 1.82. The molecule has 0 aliphatic rings. The summed E-state index contributed by atoms with van der Waals surface area (Å²) in [4.78, 5) is 18.3. The van der Waals surface area contributed by atoms with Gasteiger partial charge in [-0.3, -0.25) is 4.79 Å². The lowest BCUT2D eigenvalue weighted by molar-refractivity contribution is 1.08. The first kappa shape index (κ1) is 10.6. The minimum atomic E-state index is -0.0787. The third kappa shape index (κ3) is 1.76. The Kier molecular flexibility index (Phi) is 2.60. The summed E-state index contributed by atoms with van der Waals surface area (Å²) >= 11 is 0. The molecule has 0 saturated carbocycles. The van der Waals surface area contributed by atoms with Crippen molar-refractivity contribution in [2.75, 3.05) is 0 Å². The number of nitrogens with one attached hydrogen (secondary N) is 1. The molecular weight excluding hydrogens is 200 g/mol. The van der Waals surface area contributed by atoms with E-state index in [-0.39, 0.29) is 5.56 Å². The largest absolute Gasteiger partial charge is 0.313 e. The van der Waals surface area contributed by atoms with Gasteiger partial charge < -0.3 is 4.98 Å². The lowest BCUT2D eigenvalue weighted by atomic mass is 10.0. The second-order valence-corrected chi connectivity index (χ2v) is 4.02. The molecule has 0 fully saturated rings. The van der Waals surface area contributed by atoms with Gasteiger partial charge in [-0.25, -0.2) is 4.98 Å². The van der Waals surface area contributed by atoms with Gasteiger partial charge in [-0.1, -0.05) is 23.8 Å². The van der Waals surface area contributed by atoms with Gasteiger partial charge in [-0.15, -0.1) is 0 Å². The summed E-state index contributed by atoms with van der Waals surface area (Å²) in [5, 5.41) is 0. The highest BCUT2D eigenvalue weighted by Crippen LogP contribution is 2.23. The second kappa shape index (κ2) is 3.93. The zero-order chi connectivity index (χ0) is 11.7. The van der Waals surface area contributed by atoms with E-state index in [2.05, 4.69) is 23.0 Å². The van der Waals surface area contributed by atoms with Crippen LogP contribution in [0.4, 0.5) is 0 Å². The van der Waals surface area contributed by atoms with Gasteiger partial charge in [0.05, 0.1) is 12.0 Å². The third-order valence-electron chi connectivity index (χ3n) is 2.72. The Morgan fingerprint density at radius 2 is 1.94 bits per heavy atom. The fourth-order valence-corrected chi connectivity index (χ4v) is 1.82. The summed E-state index contributed by atoms with van der Waals surface area (Å²) in [7, 11) is 0. The number of benzene rings is 1. The van der Waals surface area contributed by atoms with Crippen LogP contribution in [0, 0.1) is 20.8 Å². The Balaban J connectivity index is 2.68. The molecule has 0 radical (unpaired) electrons. The van der Waals surface area contributed by atoms with Crippen molar-refractivity contribution in [1.82, 2.24) is 9.97 Å². The first-order valence-electron chi connectivity index (χ1n) is 5.21. The third-order valence-corrected chi connectivity index (χ3v) is 2.72. The highest BCUT2D eigenvalue weighted by Gasteiger charge is 2.08. The number of hydrogen-bond donors (Lipinski definition) is 1. The SMILES string of the molecule is Cc1ccc(-c2nc[nH]c(=O)c2C)c(C)c1. The Labute approximate surface area is 94.2 Å². The van der Waals surface area contributed by atoms with Crippen molar-refractivity contribution in [2.45, 2.75) is 20.8 Å². The van der Waals surface area contributed by atoms with E-state index in [0.717, 1.165) is 16.8 Å². The summed E-state index contributed by atoms with van der Waals surface area (Å²) in [6.45, 7) is 5.87. The van der Waals surface area contributed by atoms with Crippen molar-refractivity contribution in [3.05, 3.63) is 51.6 Å². The van der Waals surface area contributed by atoms with Gasteiger partial charge in [0.15, 0.2) is 0 Å². The van der Waals surface area contributed by atoms with Crippen LogP contribution in [-0.2, 0) is 0 Å². The van der Waals surface area contributed by atoms with Crippen molar-refractivity contribution in [2.24, 2.45) is 0 Å². The van der Waals surface area contributed by atoms with Crippen LogP contribution >= 0.6 is 0 Å². The summed E-state index contributed by atoms with van der Waals surface area (Å²) in [5.74, 6) is 0. The minimum absolute atomic E-state index is 0.0787. The molecule has 0 bridgehead atoms. The molecule has 3 nitrogen and oxygen atoms in total. The van der Waals surface area contributed by atoms with E-state index in [1.807, 2.05) is 19.1 Å². The Bertz CT molecular complexity index is 585. The molecule has 0 saturated heterocycles. The van der Waals surface area contributed by atoms with Crippen LogP contribution in [-0.4, -0.2) is 9.97 Å². The van der Waals surface area contributed by atoms with Gasteiger partial charge in [-0.2, -0.15) is 0 Å². The maximum atomic E-state index is 11.5. The molecule has 2 aromatic rings. The monoisotopic (exact) mass is 214 g/mol. The zero-order valence-corrected chi connectivity index (χ0v) is 9.66. The number of aryl methyl sites for hydroxylation is 2. The molecular formula is C13H14N2O. The molecule has 1 aromatic heterocycles. The van der Waals surface area contributed by atoms with Crippen LogP contribution in [0.1, 0.15) is 16.7 Å². The number of rotatable bonds is 1. The first-order valence-corrected chi connectivity index (χ1v) is 5.21. The van der Waals surface area contributed by atoms with Crippen molar-refractivity contribution in [3.63, 3.8) is 0 Å². The van der Waals surface area contributed by atoms with Crippen LogP contribution in [0.2, 0.25) is 0 Å².